The summed E-state index contributed by atoms with van der Waals surface area (Å²) in [5.41, 5.74) is 0.198. The Balaban J connectivity index is 1.60. The van der Waals surface area contributed by atoms with Crippen LogP contribution >= 0.6 is 0 Å². The fraction of sp³-hybridized carbons (Fsp3) is 0.217. The van der Waals surface area contributed by atoms with Gasteiger partial charge in [-0.3, -0.25) is 4.79 Å². The van der Waals surface area contributed by atoms with Crippen molar-refractivity contribution in [3.05, 3.63) is 72.1 Å². The molecule has 3 aromatic heterocycles. The molecular formula is C23H19F3N6O2. The summed E-state index contributed by atoms with van der Waals surface area (Å²) in [6.07, 6.45) is -1.41. The smallest absolute Gasteiger partial charge is 0.378 e. The minimum atomic E-state index is -4.48. The van der Waals surface area contributed by atoms with Crippen molar-refractivity contribution in [2.75, 3.05) is 36.5 Å². The third-order valence-electron chi connectivity index (χ3n) is 5.38. The van der Waals surface area contributed by atoms with E-state index in [-0.39, 0.29) is 22.5 Å². The Hall–Kier alpha value is -3.99. The maximum atomic E-state index is 13.2. The maximum absolute atomic E-state index is 13.2. The van der Waals surface area contributed by atoms with Gasteiger partial charge in [0.15, 0.2) is 11.5 Å². The molecule has 1 aromatic carbocycles. The molecule has 1 aliphatic heterocycles. The second-order valence-corrected chi connectivity index (χ2v) is 7.66. The van der Waals surface area contributed by atoms with Crippen molar-refractivity contribution in [2.45, 2.75) is 6.18 Å². The first-order valence-corrected chi connectivity index (χ1v) is 10.5. The highest BCUT2D eigenvalue weighted by Crippen LogP contribution is 2.32. The Morgan fingerprint density at radius 1 is 1.06 bits per heavy atom. The lowest BCUT2D eigenvalue weighted by atomic mass is 10.1. The summed E-state index contributed by atoms with van der Waals surface area (Å²) in [5.74, 6) is 0.441. The first-order valence-electron chi connectivity index (χ1n) is 10.5. The molecule has 11 heteroatoms. The summed E-state index contributed by atoms with van der Waals surface area (Å²) < 4.78 is 46.5. The number of imidazole rings is 1. The quantitative estimate of drug-likeness (QED) is 0.489. The molecule has 4 aromatic rings. The molecule has 8 nitrogen and oxygen atoms in total. The minimum Gasteiger partial charge on any atom is -0.378 e. The van der Waals surface area contributed by atoms with Gasteiger partial charge in [-0.1, -0.05) is 18.2 Å². The average molecular weight is 468 g/mol. The van der Waals surface area contributed by atoms with Gasteiger partial charge in [-0.25, -0.2) is 14.5 Å². The van der Waals surface area contributed by atoms with Crippen molar-refractivity contribution in [1.29, 1.82) is 0 Å². The predicted molar refractivity (Wildman–Crippen MR) is 119 cm³/mol. The molecule has 1 N–H and O–H groups in total. The number of carbonyl (C=O) groups is 1. The molecule has 0 saturated carbocycles. The number of ether oxygens (including phenoxy) is 1. The van der Waals surface area contributed by atoms with E-state index in [0.29, 0.717) is 37.9 Å². The molecule has 174 valence electrons. The first-order chi connectivity index (χ1) is 16.4. The fourth-order valence-corrected chi connectivity index (χ4v) is 3.69. The number of nitrogens with one attached hydrogen (secondary N) is 1. The maximum Gasteiger partial charge on any atom is 0.416 e. The molecule has 1 amide bonds. The van der Waals surface area contributed by atoms with Gasteiger partial charge in [0.05, 0.1) is 36.2 Å². The lowest BCUT2D eigenvalue weighted by Crippen LogP contribution is -2.37. The number of hydrogen-bond donors (Lipinski definition) is 1. The largest absolute Gasteiger partial charge is 0.416 e. The second-order valence-electron chi connectivity index (χ2n) is 7.66. The molecule has 34 heavy (non-hydrogen) atoms. The first kappa shape index (κ1) is 21.8. The van der Waals surface area contributed by atoms with E-state index in [1.165, 1.54) is 22.8 Å². The van der Waals surface area contributed by atoms with E-state index in [2.05, 4.69) is 20.4 Å². The van der Waals surface area contributed by atoms with Crippen molar-refractivity contribution in [1.82, 2.24) is 19.6 Å². The van der Waals surface area contributed by atoms with Crippen LogP contribution in [0.2, 0.25) is 0 Å². The number of aromatic nitrogens is 4. The number of benzene rings is 1. The van der Waals surface area contributed by atoms with Crippen LogP contribution in [-0.4, -0.2) is 51.8 Å². The summed E-state index contributed by atoms with van der Waals surface area (Å²) in [7, 11) is 0. The van der Waals surface area contributed by atoms with Gasteiger partial charge in [0, 0.05) is 24.8 Å². The zero-order valence-electron chi connectivity index (χ0n) is 17.8. The SMILES string of the molecule is O=C(Nc1ccccn1)c1cc(N2CCOCC2)nn2cc(-c3cccc(C(F)(F)F)c3)nc12. The highest BCUT2D eigenvalue weighted by molar-refractivity contribution is 6.08. The zero-order chi connectivity index (χ0) is 23.7. The standard InChI is InChI=1S/C23H19F3N6O2/c24-23(25,26)16-5-3-4-15(12-16)18-14-32-21(28-18)17(22(33)29-19-6-1-2-7-27-19)13-20(30-32)31-8-10-34-11-9-31/h1-7,12-14H,8-11H2,(H,27,29,33). The summed E-state index contributed by atoms with van der Waals surface area (Å²) in [5, 5.41) is 7.31. The minimum absolute atomic E-state index is 0.220. The van der Waals surface area contributed by atoms with Gasteiger partial charge in [0.2, 0.25) is 0 Å². The molecule has 0 radical (unpaired) electrons. The number of morpholine rings is 1. The molecule has 1 fully saturated rings. The van der Waals surface area contributed by atoms with E-state index in [9.17, 15) is 18.0 Å². The van der Waals surface area contributed by atoms with Crippen LogP contribution in [0.4, 0.5) is 24.8 Å². The number of pyridine rings is 1. The number of amides is 1. The summed E-state index contributed by atoms with van der Waals surface area (Å²) in [6.45, 7) is 2.23. The van der Waals surface area contributed by atoms with Crippen LogP contribution in [0.5, 0.6) is 0 Å². The third-order valence-corrected chi connectivity index (χ3v) is 5.38. The van der Waals surface area contributed by atoms with Gasteiger partial charge in [-0.15, -0.1) is 5.10 Å². The molecule has 0 aliphatic carbocycles. The number of rotatable bonds is 4. The van der Waals surface area contributed by atoms with Crippen molar-refractivity contribution >= 4 is 23.2 Å². The topological polar surface area (TPSA) is 84.7 Å². The molecular weight excluding hydrogens is 449 g/mol. The van der Waals surface area contributed by atoms with E-state index < -0.39 is 17.6 Å². The van der Waals surface area contributed by atoms with Crippen LogP contribution in [0.1, 0.15) is 15.9 Å². The van der Waals surface area contributed by atoms with E-state index >= 15 is 0 Å². The lowest BCUT2D eigenvalue weighted by Gasteiger charge is -2.27. The fourth-order valence-electron chi connectivity index (χ4n) is 3.69. The number of nitrogens with zero attached hydrogens (tertiary/aromatic N) is 5. The number of alkyl halides is 3. The Labute approximate surface area is 192 Å². The summed E-state index contributed by atoms with van der Waals surface area (Å²) in [4.78, 5) is 23.7. The van der Waals surface area contributed by atoms with Gasteiger partial charge in [0.25, 0.3) is 5.91 Å². The molecule has 1 aliphatic rings. The summed E-state index contributed by atoms with van der Waals surface area (Å²) in [6, 6.07) is 11.6. The molecule has 0 bridgehead atoms. The van der Waals surface area contributed by atoms with Gasteiger partial charge in [0.1, 0.15) is 5.82 Å². The number of anilines is 2. The zero-order valence-corrected chi connectivity index (χ0v) is 17.8. The molecule has 0 unspecified atom stereocenters. The third kappa shape index (κ3) is 4.42. The monoisotopic (exact) mass is 468 g/mol. The van der Waals surface area contributed by atoms with Crippen molar-refractivity contribution in [3.8, 4) is 11.3 Å². The van der Waals surface area contributed by atoms with Crippen molar-refractivity contribution in [3.63, 3.8) is 0 Å². The van der Waals surface area contributed by atoms with Crippen LogP contribution in [-0.2, 0) is 10.9 Å². The van der Waals surface area contributed by atoms with E-state index in [4.69, 9.17) is 4.74 Å². The predicted octanol–water partition coefficient (Wildman–Crippen LogP) is 3.90. The van der Waals surface area contributed by atoms with Crippen LogP contribution in [0.3, 0.4) is 0 Å². The number of halogens is 3. The molecule has 0 spiro atoms. The van der Waals surface area contributed by atoms with Gasteiger partial charge in [-0.2, -0.15) is 13.2 Å². The van der Waals surface area contributed by atoms with Crippen LogP contribution in [0.15, 0.2) is 60.9 Å². The highest BCUT2D eigenvalue weighted by Gasteiger charge is 2.30. The van der Waals surface area contributed by atoms with E-state index in [0.717, 1.165) is 12.1 Å². The number of carbonyl (C=O) groups excluding carboxylic acids is 1. The molecule has 4 heterocycles. The van der Waals surface area contributed by atoms with Crippen LogP contribution in [0, 0.1) is 0 Å². The number of fused-ring (bicyclic) bond motifs is 1. The molecule has 1 saturated heterocycles. The van der Waals surface area contributed by atoms with Crippen LogP contribution in [0.25, 0.3) is 16.9 Å². The highest BCUT2D eigenvalue weighted by atomic mass is 19.4. The molecule has 0 atom stereocenters. The Bertz CT molecular complexity index is 1330. The normalized spacial score (nSPS) is 14.4. The summed E-state index contributed by atoms with van der Waals surface area (Å²) >= 11 is 0. The van der Waals surface area contributed by atoms with Crippen molar-refractivity contribution < 1.29 is 22.7 Å². The number of hydrogen-bond acceptors (Lipinski definition) is 6. The van der Waals surface area contributed by atoms with E-state index in [1.54, 1.807) is 30.5 Å². The Morgan fingerprint density at radius 2 is 1.88 bits per heavy atom. The second kappa shape index (κ2) is 8.75. The Morgan fingerprint density at radius 3 is 2.62 bits per heavy atom. The van der Waals surface area contributed by atoms with Crippen LogP contribution < -0.4 is 10.2 Å². The average Bonchev–Trinajstić information content (AvgIpc) is 3.28. The lowest BCUT2D eigenvalue weighted by molar-refractivity contribution is -0.137. The van der Waals surface area contributed by atoms with Gasteiger partial charge < -0.3 is 15.0 Å². The molecule has 5 rings (SSSR count). The Kier molecular flexibility index (Phi) is 5.62. The van der Waals surface area contributed by atoms with Gasteiger partial charge >= 0.3 is 6.18 Å². The van der Waals surface area contributed by atoms with E-state index in [1.807, 2.05) is 4.90 Å². The van der Waals surface area contributed by atoms with Crippen molar-refractivity contribution in [2.24, 2.45) is 0 Å². The van der Waals surface area contributed by atoms with Gasteiger partial charge in [-0.05, 0) is 30.3 Å².